The minimum Gasteiger partial charge on any atom is -0.355 e. The largest absolute Gasteiger partial charge is 0.355 e. The van der Waals surface area contributed by atoms with Crippen molar-refractivity contribution in [2.75, 3.05) is 24.6 Å². The average molecular weight is 398 g/mol. The van der Waals surface area contributed by atoms with Crippen LogP contribution in [-0.2, 0) is 10.2 Å². The summed E-state index contributed by atoms with van der Waals surface area (Å²) < 4.78 is 0. The normalized spacial score (nSPS) is 18.2. The van der Waals surface area contributed by atoms with Crippen LogP contribution in [0.4, 0.5) is 0 Å². The van der Waals surface area contributed by atoms with E-state index in [1.165, 1.54) is 0 Å². The molecule has 7 heteroatoms. The predicted octanol–water partition coefficient (Wildman–Crippen LogP) is 3.90. The van der Waals surface area contributed by atoms with Crippen molar-refractivity contribution in [2.24, 2.45) is 0 Å². The molecule has 1 atom stereocenters. The van der Waals surface area contributed by atoms with Crippen molar-refractivity contribution in [3.63, 3.8) is 0 Å². The first-order valence-corrected chi connectivity index (χ1v) is 9.33. The number of rotatable bonds is 5. The maximum Gasteiger partial charge on any atom is 0.221 e. The smallest absolute Gasteiger partial charge is 0.221 e. The molecule has 0 spiro atoms. The van der Waals surface area contributed by atoms with E-state index in [0.717, 1.165) is 23.6 Å². The number of carbonyl (C=O) groups is 1. The van der Waals surface area contributed by atoms with Crippen LogP contribution in [0.25, 0.3) is 0 Å². The topological polar surface area (TPSA) is 41.1 Å². The van der Waals surface area contributed by atoms with Crippen LogP contribution in [0.2, 0.25) is 10.0 Å². The lowest BCUT2D eigenvalue weighted by Crippen LogP contribution is -2.43. The Kier molecular flexibility index (Phi) is 8.53. The molecule has 1 aromatic carbocycles. The summed E-state index contributed by atoms with van der Waals surface area (Å²) in [6.45, 7) is 5.56. The van der Waals surface area contributed by atoms with Gasteiger partial charge in [-0.15, -0.1) is 12.4 Å². The number of benzene rings is 1. The van der Waals surface area contributed by atoms with Gasteiger partial charge in [0.2, 0.25) is 5.91 Å². The molecule has 0 bridgehead atoms. The fourth-order valence-electron chi connectivity index (χ4n) is 2.60. The minimum atomic E-state index is -0.320. The fourth-order valence-corrected chi connectivity index (χ4v) is 4.46. The van der Waals surface area contributed by atoms with Crippen molar-refractivity contribution in [1.82, 2.24) is 10.6 Å². The van der Waals surface area contributed by atoms with Crippen molar-refractivity contribution < 1.29 is 4.79 Å². The molecular formula is C16H23Cl3N2OS. The molecule has 23 heavy (non-hydrogen) atoms. The Morgan fingerprint density at radius 2 is 2.04 bits per heavy atom. The monoisotopic (exact) mass is 396 g/mol. The highest BCUT2D eigenvalue weighted by molar-refractivity contribution is 7.99. The van der Waals surface area contributed by atoms with Gasteiger partial charge in [-0.2, -0.15) is 11.8 Å². The van der Waals surface area contributed by atoms with E-state index in [9.17, 15) is 4.79 Å². The Balaban J connectivity index is 0.00000264. The van der Waals surface area contributed by atoms with Crippen molar-refractivity contribution in [3.8, 4) is 0 Å². The highest BCUT2D eigenvalue weighted by atomic mass is 35.5. The Morgan fingerprint density at radius 3 is 2.61 bits per heavy atom. The molecule has 1 saturated heterocycles. The molecule has 1 aliphatic rings. The molecule has 1 heterocycles. The fraction of sp³-hybridized carbons (Fsp3) is 0.562. The average Bonchev–Trinajstić information content (AvgIpc) is 2.46. The van der Waals surface area contributed by atoms with E-state index >= 15 is 0 Å². The Labute approximate surface area is 158 Å². The van der Waals surface area contributed by atoms with Gasteiger partial charge in [-0.1, -0.05) is 43.1 Å². The number of hydrogen-bond donors (Lipinski definition) is 2. The molecule has 0 saturated carbocycles. The van der Waals surface area contributed by atoms with Crippen LogP contribution < -0.4 is 10.6 Å². The molecule has 1 aliphatic heterocycles. The second-order valence-corrected chi connectivity index (χ2v) is 8.15. The summed E-state index contributed by atoms with van der Waals surface area (Å²) in [5.74, 6) is 2.18. The van der Waals surface area contributed by atoms with Crippen LogP contribution in [0.15, 0.2) is 18.2 Å². The quantitative estimate of drug-likeness (QED) is 0.791. The van der Waals surface area contributed by atoms with E-state index < -0.39 is 0 Å². The molecular weight excluding hydrogens is 375 g/mol. The third-order valence-corrected chi connectivity index (χ3v) is 5.56. The van der Waals surface area contributed by atoms with Gasteiger partial charge in [0.05, 0.1) is 0 Å². The molecule has 130 valence electrons. The maximum atomic E-state index is 12.1. The van der Waals surface area contributed by atoms with Gasteiger partial charge in [0, 0.05) is 52.5 Å². The Morgan fingerprint density at radius 1 is 1.39 bits per heavy atom. The van der Waals surface area contributed by atoms with Gasteiger partial charge in [0.15, 0.2) is 0 Å². The zero-order valence-corrected chi connectivity index (χ0v) is 16.5. The van der Waals surface area contributed by atoms with E-state index in [4.69, 9.17) is 23.2 Å². The van der Waals surface area contributed by atoms with E-state index in [1.807, 2.05) is 43.8 Å². The van der Waals surface area contributed by atoms with Crippen LogP contribution in [0, 0.1) is 0 Å². The van der Waals surface area contributed by atoms with E-state index in [1.54, 1.807) is 0 Å². The first kappa shape index (κ1) is 20.9. The predicted molar refractivity (Wildman–Crippen MR) is 103 cm³/mol. The number of nitrogens with one attached hydrogen (secondary N) is 2. The number of halogens is 3. The lowest BCUT2D eigenvalue weighted by molar-refractivity contribution is -0.121. The maximum absolute atomic E-state index is 12.1. The molecule has 2 N–H and O–H groups in total. The Bertz CT molecular complexity index is 514. The van der Waals surface area contributed by atoms with E-state index in [-0.39, 0.29) is 29.8 Å². The molecule has 0 aromatic heterocycles. The van der Waals surface area contributed by atoms with Gasteiger partial charge in [-0.05, 0) is 17.7 Å². The van der Waals surface area contributed by atoms with Gasteiger partial charge >= 0.3 is 0 Å². The van der Waals surface area contributed by atoms with Crippen LogP contribution in [0.1, 0.15) is 25.8 Å². The van der Waals surface area contributed by atoms with Gasteiger partial charge in [0.25, 0.3) is 0 Å². The summed E-state index contributed by atoms with van der Waals surface area (Å²) in [7, 11) is 0. The highest BCUT2D eigenvalue weighted by Crippen LogP contribution is 2.35. The summed E-state index contributed by atoms with van der Waals surface area (Å²) in [5.41, 5.74) is 0.560. The van der Waals surface area contributed by atoms with Crippen LogP contribution in [-0.4, -0.2) is 36.5 Å². The van der Waals surface area contributed by atoms with Gasteiger partial charge in [-0.25, -0.2) is 0 Å². The molecule has 1 aromatic rings. The van der Waals surface area contributed by atoms with E-state index in [2.05, 4.69) is 10.6 Å². The number of hydrogen-bond acceptors (Lipinski definition) is 3. The van der Waals surface area contributed by atoms with Crippen molar-refractivity contribution in [2.45, 2.75) is 31.7 Å². The van der Waals surface area contributed by atoms with Crippen molar-refractivity contribution in [3.05, 3.63) is 33.8 Å². The van der Waals surface area contributed by atoms with Gasteiger partial charge in [-0.3, -0.25) is 4.79 Å². The summed E-state index contributed by atoms with van der Waals surface area (Å²) in [4.78, 5) is 12.1. The number of carbonyl (C=O) groups excluding carboxylic acids is 1. The molecule has 1 amide bonds. The number of thioether (sulfide) groups is 1. The highest BCUT2D eigenvalue weighted by Gasteiger charge is 2.27. The second kappa shape index (κ2) is 9.38. The lowest BCUT2D eigenvalue weighted by Gasteiger charge is -2.28. The van der Waals surface area contributed by atoms with Crippen molar-refractivity contribution in [1.29, 1.82) is 0 Å². The summed E-state index contributed by atoms with van der Waals surface area (Å²) in [6, 6.07) is 5.76. The third-order valence-electron chi connectivity index (χ3n) is 3.80. The van der Waals surface area contributed by atoms with E-state index in [0.29, 0.717) is 23.0 Å². The minimum absolute atomic E-state index is 0. The number of amides is 1. The Hall–Kier alpha value is -0.130. The molecule has 1 fully saturated rings. The van der Waals surface area contributed by atoms with Crippen molar-refractivity contribution >= 4 is 53.3 Å². The molecule has 1 unspecified atom stereocenters. The van der Waals surface area contributed by atoms with Crippen LogP contribution >= 0.6 is 47.4 Å². The second-order valence-electron chi connectivity index (χ2n) is 6.19. The van der Waals surface area contributed by atoms with Gasteiger partial charge in [0.1, 0.15) is 0 Å². The van der Waals surface area contributed by atoms with Crippen LogP contribution in [0.3, 0.4) is 0 Å². The van der Waals surface area contributed by atoms with Crippen LogP contribution in [0.5, 0.6) is 0 Å². The zero-order chi connectivity index (χ0) is 16.2. The molecule has 0 radical (unpaired) electrons. The summed E-state index contributed by atoms with van der Waals surface area (Å²) in [6.07, 6.45) is 0.513. The van der Waals surface area contributed by atoms with Gasteiger partial charge < -0.3 is 10.6 Å². The third kappa shape index (κ3) is 6.02. The molecule has 3 nitrogen and oxygen atoms in total. The first-order valence-electron chi connectivity index (χ1n) is 7.42. The first-order chi connectivity index (χ1) is 10.4. The standard InChI is InChI=1S/C16H22Cl2N2OS.ClH/c1-16(2,15-12(17)4-3-5-13(15)18)10-20-14(21)8-11-9-22-7-6-19-11;/h3-5,11,19H,6-10H2,1-2H3,(H,20,21);1H. The zero-order valence-electron chi connectivity index (χ0n) is 13.3. The molecule has 0 aliphatic carbocycles. The summed E-state index contributed by atoms with van der Waals surface area (Å²) >= 11 is 14.4. The lowest BCUT2D eigenvalue weighted by atomic mass is 9.84. The molecule has 2 rings (SSSR count). The SMILES string of the molecule is CC(C)(CNC(=O)CC1CSCCN1)c1c(Cl)cccc1Cl.Cl. The summed E-state index contributed by atoms with van der Waals surface area (Å²) in [5, 5.41) is 7.66.